The third kappa shape index (κ3) is 2.97. The lowest BCUT2D eigenvalue weighted by molar-refractivity contribution is -0.122. The van der Waals surface area contributed by atoms with Gasteiger partial charge in [-0.25, -0.2) is 8.42 Å². The Kier molecular flexibility index (Phi) is 4.36. The van der Waals surface area contributed by atoms with E-state index in [0.29, 0.717) is 24.4 Å². The van der Waals surface area contributed by atoms with Crippen LogP contribution in [0.25, 0.3) is 0 Å². The number of nitrogens with zero attached hydrogens (tertiary/aromatic N) is 1. The molecule has 1 unspecified atom stereocenters. The van der Waals surface area contributed by atoms with Gasteiger partial charge in [-0.05, 0) is 37.5 Å². The van der Waals surface area contributed by atoms with Gasteiger partial charge in [0.15, 0.2) is 0 Å². The van der Waals surface area contributed by atoms with Gasteiger partial charge in [-0.3, -0.25) is 4.79 Å². The number of carbonyl (C=O) groups excluding carboxylic acids is 1. The lowest BCUT2D eigenvalue weighted by Crippen LogP contribution is -2.44. The predicted octanol–water partition coefficient (Wildman–Crippen LogP) is 1.53. The topological polar surface area (TPSA) is 80.5 Å². The molecule has 0 spiro atoms. The lowest BCUT2D eigenvalue weighted by atomic mass is 9.99. The van der Waals surface area contributed by atoms with Gasteiger partial charge in [0.2, 0.25) is 15.9 Å². The summed E-state index contributed by atoms with van der Waals surface area (Å²) in [5, 5.41) is 0.412. The number of primary amides is 1. The van der Waals surface area contributed by atoms with Crippen LogP contribution < -0.4 is 5.73 Å². The maximum absolute atomic E-state index is 12.5. The average molecular weight is 317 g/mol. The minimum Gasteiger partial charge on any atom is -0.369 e. The van der Waals surface area contributed by atoms with Crippen LogP contribution in [0, 0.1) is 12.8 Å². The van der Waals surface area contributed by atoms with E-state index >= 15 is 0 Å². The molecular weight excluding hydrogens is 300 g/mol. The molecular formula is C13H17ClN2O3S. The van der Waals surface area contributed by atoms with E-state index in [2.05, 4.69) is 0 Å². The molecule has 0 aliphatic carbocycles. The van der Waals surface area contributed by atoms with Crippen molar-refractivity contribution in [2.24, 2.45) is 11.7 Å². The number of amides is 1. The zero-order valence-corrected chi connectivity index (χ0v) is 12.7. The van der Waals surface area contributed by atoms with Crippen LogP contribution in [0.4, 0.5) is 0 Å². The van der Waals surface area contributed by atoms with Crippen molar-refractivity contribution in [3.05, 3.63) is 28.8 Å². The standard InChI is InChI=1S/C13H17ClN2O3S/c1-9-4-5-11(7-12(9)14)20(18,19)16-6-2-3-10(8-16)13(15)17/h4-5,7,10H,2-3,6,8H2,1H3,(H2,15,17). The second-order valence-corrected chi connectivity index (χ2v) is 7.36. The quantitative estimate of drug-likeness (QED) is 0.918. The summed E-state index contributed by atoms with van der Waals surface area (Å²) in [7, 11) is -3.63. The van der Waals surface area contributed by atoms with E-state index in [1.165, 1.54) is 16.4 Å². The molecule has 0 aromatic heterocycles. The Labute approximate surface area is 123 Å². The maximum atomic E-state index is 12.5. The number of piperidine rings is 1. The van der Waals surface area contributed by atoms with Crippen LogP contribution in [0.5, 0.6) is 0 Å². The number of benzene rings is 1. The van der Waals surface area contributed by atoms with Crippen molar-refractivity contribution in [1.29, 1.82) is 0 Å². The van der Waals surface area contributed by atoms with E-state index in [1.807, 2.05) is 6.92 Å². The van der Waals surface area contributed by atoms with Crippen molar-refractivity contribution in [3.8, 4) is 0 Å². The van der Waals surface area contributed by atoms with Crippen molar-refractivity contribution in [2.45, 2.75) is 24.7 Å². The molecule has 1 amide bonds. The summed E-state index contributed by atoms with van der Waals surface area (Å²) in [6.45, 7) is 2.35. The fourth-order valence-corrected chi connectivity index (χ4v) is 4.07. The van der Waals surface area contributed by atoms with Crippen LogP contribution in [0.15, 0.2) is 23.1 Å². The molecule has 1 saturated heterocycles. The van der Waals surface area contributed by atoms with Crippen LogP contribution in [0.2, 0.25) is 5.02 Å². The summed E-state index contributed by atoms with van der Waals surface area (Å²) in [4.78, 5) is 11.4. The molecule has 0 saturated carbocycles. The fourth-order valence-electron chi connectivity index (χ4n) is 2.28. The molecule has 1 aliphatic rings. The third-order valence-corrected chi connectivity index (χ3v) is 5.84. The lowest BCUT2D eigenvalue weighted by Gasteiger charge is -2.30. The molecule has 1 aromatic rings. The second-order valence-electron chi connectivity index (χ2n) is 5.02. The van der Waals surface area contributed by atoms with Gasteiger partial charge in [-0.2, -0.15) is 4.31 Å². The normalized spacial score (nSPS) is 20.8. The molecule has 110 valence electrons. The van der Waals surface area contributed by atoms with Gasteiger partial charge in [-0.15, -0.1) is 0 Å². The van der Waals surface area contributed by atoms with Gasteiger partial charge in [0, 0.05) is 18.1 Å². The number of sulfonamides is 1. The summed E-state index contributed by atoms with van der Waals surface area (Å²) in [6, 6.07) is 4.65. The van der Waals surface area contributed by atoms with Crippen molar-refractivity contribution in [3.63, 3.8) is 0 Å². The van der Waals surface area contributed by atoms with Gasteiger partial charge < -0.3 is 5.73 Å². The zero-order chi connectivity index (χ0) is 14.9. The van der Waals surface area contributed by atoms with Crippen LogP contribution in [0.3, 0.4) is 0 Å². The minimum atomic E-state index is -3.63. The Morgan fingerprint density at radius 1 is 1.45 bits per heavy atom. The summed E-state index contributed by atoms with van der Waals surface area (Å²) in [5.41, 5.74) is 6.09. The van der Waals surface area contributed by atoms with Crippen LogP contribution in [-0.2, 0) is 14.8 Å². The number of hydrogen-bond acceptors (Lipinski definition) is 3. The van der Waals surface area contributed by atoms with Gasteiger partial charge >= 0.3 is 0 Å². The smallest absolute Gasteiger partial charge is 0.243 e. The van der Waals surface area contributed by atoms with Crippen LogP contribution in [0.1, 0.15) is 18.4 Å². The number of aryl methyl sites for hydroxylation is 1. The SMILES string of the molecule is Cc1ccc(S(=O)(=O)N2CCCC(C(N)=O)C2)cc1Cl. The van der Waals surface area contributed by atoms with E-state index in [1.54, 1.807) is 6.07 Å². The molecule has 5 nitrogen and oxygen atoms in total. The highest BCUT2D eigenvalue weighted by Crippen LogP contribution is 2.26. The number of rotatable bonds is 3. The minimum absolute atomic E-state index is 0.142. The van der Waals surface area contributed by atoms with Crippen molar-refractivity contribution in [1.82, 2.24) is 4.31 Å². The highest BCUT2D eigenvalue weighted by molar-refractivity contribution is 7.89. The zero-order valence-electron chi connectivity index (χ0n) is 11.2. The molecule has 0 bridgehead atoms. The Hall–Kier alpha value is -1.11. The van der Waals surface area contributed by atoms with Crippen LogP contribution >= 0.6 is 11.6 Å². The fraction of sp³-hybridized carbons (Fsp3) is 0.462. The Morgan fingerprint density at radius 3 is 2.75 bits per heavy atom. The number of nitrogens with two attached hydrogens (primary N) is 1. The molecule has 7 heteroatoms. The van der Waals surface area contributed by atoms with Crippen molar-refractivity contribution in [2.75, 3.05) is 13.1 Å². The number of halogens is 1. The Balaban J connectivity index is 2.29. The Bertz CT molecular complexity index is 631. The van der Waals surface area contributed by atoms with Crippen molar-refractivity contribution < 1.29 is 13.2 Å². The number of carbonyl (C=O) groups is 1. The van der Waals surface area contributed by atoms with E-state index in [0.717, 1.165) is 5.56 Å². The van der Waals surface area contributed by atoms with Gasteiger partial charge in [0.1, 0.15) is 0 Å². The largest absolute Gasteiger partial charge is 0.369 e. The molecule has 1 aliphatic heterocycles. The molecule has 2 rings (SSSR count). The molecule has 1 heterocycles. The van der Waals surface area contributed by atoms with E-state index in [4.69, 9.17) is 17.3 Å². The Morgan fingerprint density at radius 2 is 2.15 bits per heavy atom. The second kappa shape index (κ2) is 5.71. The molecule has 1 atom stereocenters. The molecule has 1 fully saturated rings. The van der Waals surface area contributed by atoms with Crippen molar-refractivity contribution >= 4 is 27.5 Å². The molecule has 1 aromatic carbocycles. The van der Waals surface area contributed by atoms with Gasteiger partial charge in [0.25, 0.3) is 0 Å². The van der Waals surface area contributed by atoms with E-state index in [-0.39, 0.29) is 11.4 Å². The first-order valence-corrected chi connectivity index (χ1v) is 8.20. The summed E-state index contributed by atoms with van der Waals surface area (Å²) in [5.74, 6) is -0.869. The van der Waals surface area contributed by atoms with Crippen LogP contribution in [-0.4, -0.2) is 31.7 Å². The first kappa shape index (κ1) is 15.3. The molecule has 2 N–H and O–H groups in total. The first-order chi connectivity index (χ1) is 9.32. The summed E-state index contributed by atoms with van der Waals surface area (Å²) >= 11 is 5.98. The molecule has 20 heavy (non-hydrogen) atoms. The van der Waals surface area contributed by atoms with E-state index in [9.17, 15) is 13.2 Å². The highest BCUT2D eigenvalue weighted by atomic mass is 35.5. The third-order valence-electron chi connectivity index (χ3n) is 3.57. The first-order valence-electron chi connectivity index (χ1n) is 6.38. The predicted molar refractivity (Wildman–Crippen MR) is 76.9 cm³/mol. The van der Waals surface area contributed by atoms with E-state index < -0.39 is 21.8 Å². The summed E-state index contributed by atoms with van der Waals surface area (Å²) < 4.78 is 26.4. The average Bonchev–Trinajstić information content (AvgIpc) is 2.42. The number of hydrogen-bond donors (Lipinski definition) is 1. The van der Waals surface area contributed by atoms with Gasteiger partial charge in [0.05, 0.1) is 10.8 Å². The molecule has 0 radical (unpaired) electrons. The monoisotopic (exact) mass is 316 g/mol. The maximum Gasteiger partial charge on any atom is 0.243 e. The summed E-state index contributed by atoms with van der Waals surface area (Å²) in [6.07, 6.45) is 1.27. The van der Waals surface area contributed by atoms with Gasteiger partial charge in [-0.1, -0.05) is 17.7 Å². The highest BCUT2D eigenvalue weighted by Gasteiger charge is 2.32.